The zero-order chi connectivity index (χ0) is 16.5. The van der Waals surface area contributed by atoms with Gasteiger partial charge in [-0.15, -0.1) is 0 Å². The van der Waals surface area contributed by atoms with Crippen LogP contribution in [0.5, 0.6) is 0 Å². The molecule has 0 aromatic carbocycles. The summed E-state index contributed by atoms with van der Waals surface area (Å²) in [5, 5.41) is 8.29. The number of carbonyl (C=O) groups is 1. The number of hydrogen-bond acceptors (Lipinski definition) is 5. The summed E-state index contributed by atoms with van der Waals surface area (Å²) >= 11 is 0. The van der Waals surface area contributed by atoms with Crippen LogP contribution in [0.4, 0.5) is 0 Å². The topological polar surface area (TPSA) is 77.0 Å². The molecule has 0 N–H and O–H groups in total. The van der Waals surface area contributed by atoms with Crippen molar-refractivity contribution in [3.8, 4) is 0 Å². The third-order valence-electron chi connectivity index (χ3n) is 4.98. The third kappa shape index (κ3) is 2.95. The van der Waals surface area contributed by atoms with E-state index in [1.54, 1.807) is 10.9 Å². The van der Waals surface area contributed by atoms with Crippen molar-refractivity contribution in [2.75, 3.05) is 6.54 Å². The Hall–Kier alpha value is -2.18. The van der Waals surface area contributed by atoms with Gasteiger partial charge in [0.2, 0.25) is 5.89 Å². The van der Waals surface area contributed by atoms with Gasteiger partial charge in [-0.2, -0.15) is 10.1 Å². The molecular weight excluding hydrogens is 306 g/mol. The highest BCUT2D eigenvalue weighted by Gasteiger charge is 2.32. The second-order valence-electron chi connectivity index (χ2n) is 6.69. The van der Waals surface area contributed by atoms with Crippen LogP contribution in [0.2, 0.25) is 0 Å². The molecule has 1 saturated carbocycles. The predicted octanol–water partition coefficient (Wildman–Crippen LogP) is 2.40. The first-order valence-corrected chi connectivity index (χ1v) is 8.91. The lowest BCUT2D eigenvalue weighted by Crippen LogP contribution is -2.37. The number of rotatable bonds is 6. The molecule has 2 aromatic rings. The largest absolute Gasteiger partial charge is 0.339 e. The van der Waals surface area contributed by atoms with Crippen LogP contribution in [0.15, 0.2) is 16.8 Å². The van der Waals surface area contributed by atoms with E-state index in [1.165, 1.54) is 0 Å². The SMILES string of the molecule is CCn1nccc1C(=O)N1CCCC1CCc1noc(C2CC2)n1. The van der Waals surface area contributed by atoms with Crippen molar-refractivity contribution in [3.05, 3.63) is 29.7 Å². The Kier molecular flexibility index (Phi) is 4.08. The lowest BCUT2D eigenvalue weighted by Gasteiger charge is -2.24. The van der Waals surface area contributed by atoms with E-state index in [4.69, 9.17) is 4.52 Å². The van der Waals surface area contributed by atoms with Crippen molar-refractivity contribution in [2.45, 2.75) is 64.0 Å². The van der Waals surface area contributed by atoms with E-state index in [1.807, 2.05) is 17.9 Å². The molecule has 4 rings (SSSR count). The zero-order valence-electron chi connectivity index (χ0n) is 14.0. The summed E-state index contributed by atoms with van der Waals surface area (Å²) < 4.78 is 7.08. The third-order valence-corrected chi connectivity index (χ3v) is 4.98. The molecule has 128 valence electrons. The van der Waals surface area contributed by atoms with E-state index in [9.17, 15) is 4.79 Å². The molecule has 0 spiro atoms. The number of likely N-dealkylation sites (tertiary alicyclic amines) is 1. The summed E-state index contributed by atoms with van der Waals surface area (Å²) in [5.74, 6) is 2.14. The monoisotopic (exact) mass is 329 g/mol. The standard InChI is InChI=1S/C17H23N5O2/c1-2-22-14(9-10-18-22)17(23)21-11-3-4-13(21)7-8-15-19-16(24-20-15)12-5-6-12/h9-10,12-13H,2-8,11H2,1H3. The van der Waals surface area contributed by atoms with Gasteiger partial charge in [0.05, 0.1) is 0 Å². The number of aromatic nitrogens is 4. The first-order chi connectivity index (χ1) is 11.8. The highest BCUT2D eigenvalue weighted by atomic mass is 16.5. The van der Waals surface area contributed by atoms with Gasteiger partial charge < -0.3 is 9.42 Å². The molecule has 2 aliphatic rings. The van der Waals surface area contributed by atoms with Crippen molar-refractivity contribution in [1.82, 2.24) is 24.8 Å². The Morgan fingerprint density at radius 3 is 3.04 bits per heavy atom. The van der Waals surface area contributed by atoms with Crippen LogP contribution >= 0.6 is 0 Å². The molecule has 0 bridgehead atoms. The van der Waals surface area contributed by atoms with Gasteiger partial charge in [0.15, 0.2) is 5.82 Å². The molecule has 7 nitrogen and oxygen atoms in total. The summed E-state index contributed by atoms with van der Waals surface area (Å²) in [6.07, 6.45) is 7.76. The van der Waals surface area contributed by atoms with Gasteiger partial charge in [-0.3, -0.25) is 9.48 Å². The molecule has 1 atom stereocenters. The minimum absolute atomic E-state index is 0.0867. The average molecular weight is 329 g/mol. The van der Waals surface area contributed by atoms with Crippen LogP contribution in [0, 0.1) is 0 Å². The Balaban J connectivity index is 1.39. The number of hydrogen-bond donors (Lipinski definition) is 0. The second kappa shape index (κ2) is 6.37. The Bertz CT molecular complexity index is 718. The molecule has 2 fully saturated rings. The van der Waals surface area contributed by atoms with Gasteiger partial charge in [0.1, 0.15) is 5.69 Å². The molecule has 1 saturated heterocycles. The smallest absolute Gasteiger partial charge is 0.272 e. The van der Waals surface area contributed by atoms with E-state index in [0.717, 1.165) is 56.8 Å². The lowest BCUT2D eigenvalue weighted by molar-refractivity contribution is 0.0717. The van der Waals surface area contributed by atoms with E-state index in [2.05, 4.69) is 15.2 Å². The molecular formula is C17H23N5O2. The molecule has 1 aliphatic carbocycles. The Morgan fingerprint density at radius 1 is 1.38 bits per heavy atom. The maximum Gasteiger partial charge on any atom is 0.272 e. The molecule has 2 aromatic heterocycles. The minimum Gasteiger partial charge on any atom is -0.339 e. The molecule has 3 heterocycles. The van der Waals surface area contributed by atoms with Crippen LogP contribution in [-0.2, 0) is 13.0 Å². The van der Waals surface area contributed by atoms with Gasteiger partial charge >= 0.3 is 0 Å². The maximum atomic E-state index is 12.8. The molecule has 1 amide bonds. The van der Waals surface area contributed by atoms with Crippen LogP contribution in [-0.4, -0.2) is 43.3 Å². The fourth-order valence-corrected chi connectivity index (χ4v) is 3.48. The van der Waals surface area contributed by atoms with Crippen molar-refractivity contribution in [3.63, 3.8) is 0 Å². The van der Waals surface area contributed by atoms with Crippen molar-refractivity contribution in [2.24, 2.45) is 0 Å². The van der Waals surface area contributed by atoms with Crippen LogP contribution < -0.4 is 0 Å². The van der Waals surface area contributed by atoms with E-state index in [0.29, 0.717) is 18.2 Å². The van der Waals surface area contributed by atoms with Gasteiger partial charge in [-0.25, -0.2) is 0 Å². The van der Waals surface area contributed by atoms with E-state index < -0.39 is 0 Å². The first-order valence-electron chi connectivity index (χ1n) is 8.91. The summed E-state index contributed by atoms with van der Waals surface area (Å²) in [7, 11) is 0. The predicted molar refractivity (Wildman–Crippen MR) is 86.6 cm³/mol. The summed E-state index contributed by atoms with van der Waals surface area (Å²) in [6.45, 7) is 3.52. The average Bonchev–Trinajstić information content (AvgIpc) is 3.05. The van der Waals surface area contributed by atoms with Crippen molar-refractivity contribution < 1.29 is 9.32 Å². The zero-order valence-corrected chi connectivity index (χ0v) is 14.0. The quantitative estimate of drug-likeness (QED) is 0.813. The second-order valence-corrected chi connectivity index (χ2v) is 6.69. The minimum atomic E-state index is 0.0867. The highest BCUT2D eigenvalue weighted by molar-refractivity contribution is 5.92. The lowest BCUT2D eigenvalue weighted by atomic mass is 10.1. The number of aryl methyl sites for hydroxylation is 2. The summed E-state index contributed by atoms with van der Waals surface area (Å²) in [4.78, 5) is 19.3. The molecule has 1 aliphatic heterocycles. The highest BCUT2D eigenvalue weighted by Crippen LogP contribution is 2.38. The number of carbonyl (C=O) groups excluding carboxylic acids is 1. The van der Waals surface area contributed by atoms with E-state index >= 15 is 0 Å². The van der Waals surface area contributed by atoms with E-state index in [-0.39, 0.29) is 11.9 Å². The number of amides is 1. The molecule has 24 heavy (non-hydrogen) atoms. The summed E-state index contributed by atoms with van der Waals surface area (Å²) in [6, 6.07) is 2.06. The number of nitrogens with zero attached hydrogens (tertiary/aromatic N) is 5. The van der Waals surface area contributed by atoms with Gasteiger partial charge in [-0.1, -0.05) is 5.16 Å². The van der Waals surface area contributed by atoms with Crippen LogP contribution in [0.25, 0.3) is 0 Å². The van der Waals surface area contributed by atoms with Crippen LogP contribution in [0.3, 0.4) is 0 Å². The summed E-state index contributed by atoms with van der Waals surface area (Å²) in [5.41, 5.74) is 0.681. The molecule has 1 unspecified atom stereocenters. The van der Waals surface area contributed by atoms with Gasteiger partial charge in [-0.05, 0) is 45.1 Å². The Labute approximate surface area is 141 Å². The molecule has 7 heteroatoms. The fraction of sp³-hybridized carbons (Fsp3) is 0.647. The van der Waals surface area contributed by atoms with Gasteiger partial charge in [0, 0.05) is 37.7 Å². The van der Waals surface area contributed by atoms with Crippen molar-refractivity contribution >= 4 is 5.91 Å². The normalized spacial score (nSPS) is 20.7. The van der Waals surface area contributed by atoms with Crippen LogP contribution in [0.1, 0.15) is 67.1 Å². The fourth-order valence-electron chi connectivity index (χ4n) is 3.48. The van der Waals surface area contributed by atoms with Gasteiger partial charge in [0.25, 0.3) is 5.91 Å². The first kappa shape index (κ1) is 15.4. The maximum absolute atomic E-state index is 12.8. The Morgan fingerprint density at radius 2 is 2.25 bits per heavy atom. The molecule has 0 radical (unpaired) electrons. The van der Waals surface area contributed by atoms with Crippen molar-refractivity contribution in [1.29, 1.82) is 0 Å².